The minimum atomic E-state index is -0.943. The van der Waals surface area contributed by atoms with Crippen molar-refractivity contribution in [3.05, 3.63) is 62.3 Å². The molecule has 0 spiro atoms. The lowest BCUT2D eigenvalue weighted by molar-refractivity contribution is -0.136. The van der Waals surface area contributed by atoms with Gasteiger partial charge in [-0.1, -0.05) is 38.3 Å². The molecule has 170 valence electrons. The van der Waals surface area contributed by atoms with Crippen molar-refractivity contribution in [1.29, 1.82) is 0 Å². The number of carboxylic acid groups (broad SMARTS) is 1. The second kappa shape index (κ2) is 11.8. The summed E-state index contributed by atoms with van der Waals surface area (Å²) in [5.74, 6) is -1.18. The number of carbonyl (C=O) groups is 2. The number of unbranched alkanes of at least 4 members (excludes halogenated alkanes) is 3. The molecule has 0 saturated heterocycles. The Labute approximate surface area is 196 Å². The lowest BCUT2D eigenvalue weighted by Crippen LogP contribution is -2.10. The lowest BCUT2D eigenvalue weighted by Gasteiger charge is -2.14. The zero-order valence-electron chi connectivity index (χ0n) is 18.4. The number of nitrogens with zero attached hydrogens (tertiary/aromatic N) is 1. The van der Waals surface area contributed by atoms with Crippen LogP contribution >= 0.6 is 22.7 Å². The van der Waals surface area contributed by atoms with Crippen molar-refractivity contribution in [2.24, 2.45) is 0 Å². The van der Waals surface area contributed by atoms with Gasteiger partial charge in [0, 0.05) is 22.5 Å². The Bertz CT molecular complexity index is 1060. The van der Waals surface area contributed by atoms with Crippen molar-refractivity contribution in [2.75, 3.05) is 10.6 Å². The van der Waals surface area contributed by atoms with Crippen LogP contribution in [-0.2, 0) is 24.2 Å². The van der Waals surface area contributed by atoms with E-state index in [1.54, 1.807) is 5.38 Å². The van der Waals surface area contributed by atoms with E-state index >= 15 is 0 Å². The van der Waals surface area contributed by atoms with Crippen LogP contribution in [0.15, 0.2) is 35.7 Å². The highest BCUT2D eigenvalue weighted by Crippen LogP contribution is 2.25. The van der Waals surface area contributed by atoms with E-state index in [-0.39, 0.29) is 12.3 Å². The first-order chi connectivity index (χ1) is 15.5. The van der Waals surface area contributed by atoms with E-state index in [1.165, 1.54) is 59.5 Å². The van der Waals surface area contributed by atoms with Gasteiger partial charge in [0.25, 0.3) is 5.91 Å². The number of thiophene rings is 1. The summed E-state index contributed by atoms with van der Waals surface area (Å²) in [6, 6.07) is 10.1. The predicted octanol–water partition coefficient (Wildman–Crippen LogP) is 6.13. The minimum Gasteiger partial charge on any atom is -0.481 e. The highest BCUT2D eigenvalue weighted by atomic mass is 32.1. The summed E-state index contributed by atoms with van der Waals surface area (Å²) in [5.41, 5.74) is 4.29. The van der Waals surface area contributed by atoms with Gasteiger partial charge in [-0.15, -0.1) is 22.7 Å². The van der Waals surface area contributed by atoms with Crippen molar-refractivity contribution < 1.29 is 14.7 Å². The molecule has 3 rings (SSSR count). The van der Waals surface area contributed by atoms with Gasteiger partial charge in [0.05, 0.1) is 17.0 Å². The third-order valence-electron chi connectivity index (χ3n) is 5.13. The Kier molecular flexibility index (Phi) is 8.81. The molecule has 3 aromatic rings. The number of rotatable bonds is 12. The largest absolute Gasteiger partial charge is 0.481 e. The number of carboxylic acids is 1. The number of carbonyl (C=O) groups excluding carboxylic acids is 1. The Hall–Kier alpha value is -2.71. The second-order valence-electron chi connectivity index (χ2n) is 7.70. The number of aromatic nitrogens is 1. The van der Waals surface area contributed by atoms with Crippen LogP contribution in [0.1, 0.15) is 64.0 Å². The predicted molar refractivity (Wildman–Crippen MR) is 132 cm³/mol. The third-order valence-corrected chi connectivity index (χ3v) is 7.02. The molecule has 0 bridgehead atoms. The van der Waals surface area contributed by atoms with E-state index in [1.807, 2.05) is 12.1 Å². The number of thiazole rings is 1. The minimum absolute atomic E-state index is 0.152. The molecule has 2 heterocycles. The molecule has 1 aromatic carbocycles. The number of aryl methyl sites for hydroxylation is 1. The maximum absolute atomic E-state index is 12.5. The molecule has 3 N–H and O–H groups in total. The zero-order chi connectivity index (χ0) is 22.9. The molecule has 8 heteroatoms. The molecular weight excluding hydrogens is 442 g/mol. The number of nitrogens with one attached hydrogen (secondary N) is 2. The van der Waals surface area contributed by atoms with Gasteiger partial charge in [-0.3, -0.25) is 14.9 Å². The Morgan fingerprint density at radius 1 is 1.12 bits per heavy atom. The van der Waals surface area contributed by atoms with Crippen molar-refractivity contribution in [3.8, 4) is 0 Å². The number of benzene rings is 1. The first kappa shape index (κ1) is 23.9. The Morgan fingerprint density at radius 2 is 1.97 bits per heavy atom. The van der Waals surface area contributed by atoms with E-state index in [0.29, 0.717) is 22.2 Å². The fourth-order valence-corrected chi connectivity index (χ4v) is 5.01. The highest BCUT2D eigenvalue weighted by molar-refractivity contribution is 7.15. The maximum atomic E-state index is 12.5. The summed E-state index contributed by atoms with van der Waals surface area (Å²) in [6.07, 6.45) is 5.88. The summed E-state index contributed by atoms with van der Waals surface area (Å²) in [6.45, 7) is 5.04. The Balaban J connectivity index is 1.57. The van der Waals surface area contributed by atoms with Crippen LogP contribution in [0, 0.1) is 6.92 Å². The number of amides is 1. The molecule has 6 nitrogen and oxygen atoms in total. The van der Waals surface area contributed by atoms with Gasteiger partial charge in [0.2, 0.25) is 0 Å². The van der Waals surface area contributed by atoms with E-state index in [4.69, 9.17) is 5.11 Å². The van der Waals surface area contributed by atoms with Crippen molar-refractivity contribution in [3.63, 3.8) is 0 Å². The molecular formula is C24H29N3O3S2. The molecule has 0 aliphatic carbocycles. The molecule has 0 saturated carbocycles. The van der Waals surface area contributed by atoms with E-state index in [9.17, 15) is 9.59 Å². The van der Waals surface area contributed by atoms with Gasteiger partial charge in [-0.05, 0) is 49.1 Å². The molecule has 32 heavy (non-hydrogen) atoms. The van der Waals surface area contributed by atoms with Crippen LogP contribution < -0.4 is 10.6 Å². The standard InChI is InChI=1S/C24H29N3O3S2/c1-3-4-5-6-9-19-16(2)8-7-10-20(19)25-14-18-11-12-21(32-18)23(30)27-24-26-17(15-31-24)13-22(28)29/h7-8,10-12,15,25H,3-6,9,13-14H2,1-2H3,(H,28,29)(H,26,27,30). The zero-order valence-corrected chi connectivity index (χ0v) is 20.1. The average molecular weight is 472 g/mol. The fourth-order valence-electron chi connectivity index (χ4n) is 3.46. The monoisotopic (exact) mass is 471 g/mol. The molecule has 0 unspecified atom stereocenters. The quantitative estimate of drug-likeness (QED) is 0.277. The summed E-state index contributed by atoms with van der Waals surface area (Å²) in [4.78, 5) is 29.1. The maximum Gasteiger partial charge on any atom is 0.309 e. The number of anilines is 2. The Morgan fingerprint density at radius 3 is 2.75 bits per heavy atom. The van der Waals surface area contributed by atoms with Gasteiger partial charge in [0.15, 0.2) is 5.13 Å². The molecule has 0 aliphatic rings. The van der Waals surface area contributed by atoms with Gasteiger partial charge in [-0.25, -0.2) is 4.98 Å². The SMILES string of the molecule is CCCCCCc1c(C)cccc1NCc1ccc(C(=O)Nc2nc(CC(=O)O)cs2)s1. The van der Waals surface area contributed by atoms with Crippen LogP contribution in [0.3, 0.4) is 0 Å². The summed E-state index contributed by atoms with van der Waals surface area (Å²) < 4.78 is 0. The van der Waals surface area contributed by atoms with Crippen molar-refractivity contribution >= 4 is 45.4 Å². The average Bonchev–Trinajstić information content (AvgIpc) is 3.40. The first-order valence-corrected chi connectivity index (χ1v) is 12.5. The molecule has 0 atom stereocenters. The van der Waals surface area contributed by atoms with Gasteiger partial charge in [-0.2, -0.15) is 0 Å². The summed E-state index contributed by atoms with van der Waals surface area (Å²) >= 11 is 2.67. The first-order valence-electron chi connectivity index (χ1n) is 10.8. The van der Waals surface area contributed by atoms with Crippen molar-refractivity contribution in [1.82, 2.24) is 4.98 Å². The molecule has 0 fully saturated rings. The number of hydrogen-bond acceptors (Lipinski definition) is 6. The van der Waals surface area contributed by atoms with E-state index in [2.05, 4.69) is 47.7 Å². The van der Waals surface area contributed by atoms with Crippen LogP contribution in [0.25, 0.3) is 0 Å². The van der Waals surface area contributed by atoms with Gasteiger partial charge >= 0.3 is 5.97 Å². The van der Waals surface area contributed by atoms with Crippen LogP contribution in [0.2, 0.25) is 0 Å². The van der Waals surface area contributed by atoms with E-state index in [0.717, 1.165) is 17.0 Å². The summed E-state index contributed by atoms with van der Waals surface area (Å²) in [7, 11) is 0. The fraction of sp³-hybridized carbons (Fsp3) is 0.375. The highest BCUT2D eigenvalue weighted by Gasteiger charge is 2.13. The lowest BCUT2D eigenvalue weighted by atomic mass is 9.99. The van der Waals surface area contributed by atoms with Gasteiger partial charge in [0.1, 0.15) is 0 Å². The van der Waals surface area contributed by atoms with Crippen molar-refractivity contribution in [2.45, 2.75) is 58.9 Å². The summed E-state index contributed by atoms with van der Waals surface area (Å²) in [5, 5.41) is 17.2. The molecule has 0 aliphatic heterocycles. The van der Waals surface area contributed by atoms with Crippen LogP contribution in [-0.4, -0.2) is 22.0 Å². The smallest absolute Gasteiger partial charge is 0.309 e. The molecule has 2 aromatic heterocycles. The van der Waals surface area contributed by atoms with E-state index < -0.39 is 5.97 Å². The molecule has 0 radical (unpaired) electrons. The molecule has 1 amide bonds. The van der Waals surface area contributed by atoms with Gasteiger partial charge < -0.3 is 10.4 Å². The van der Waals surface area contributed by atoms with Crippen LogP contribution in [0.4, 0.5) is 10.8 Å². The normalized spacial score (nSPS) is 10.8. The second-order valence-corrected chi connectivity index (χ2v) is 9.73. The third kappa shape index (κ3) is 6.90. The number of hydrogen-bond donors (Lipinski definition) is 3. The van der Waals surface area contributed by atoms with Crippen LogP contribution in [0.5, 0.6) is 0 Å². The number of aliphatic carboxylic acids is 1. The topological polar surface area (TPSA) is 91.3 Å².